The van der Waals surface area contributed by atoms with Crippen LogP contribution in [0.3, 0.4) is 0 Å². The van der Waals surface area contributed by atoms with Gasteiger partial charge in [0, 0.05) is 54.3 Å². The fourth-order valence-electron chi connectivity index (χ4n) is 3.90. The highest BCUT2D eigenvalue weighted by atomic mass is 16.5. The number of hydrogen-bond donors (Lipinski definition) is 2. The monoisotopic (exact) mass is 492 g/mol. The van der Waals surface area contributed by atoms with Crippen molar-refractivity contribution < 1.29 is 14.3 Å². The molecule has 0 aliphatic carbocycles. The van der Waals surface area contributed by atoms with Gasteiger partial charge in [0.05, 0.1) is 38.4 Å². The van der Waals surface area contributed by atoms with Crippen LogP contribution in [0.1, 0.15) is 16.8 Å². The number of ether oxygens (including phenoxy) is 2. The predicted octanol–water partition coefficient (Wildman–Crippen LogP) is 2.03. The van der Waals surface area contributed by atoms with Crippen molar-refractivity contribution in [3.05, 3.63) is 60.2 Å². The number of benzene rings is 1. The maximum Gasteiger partial charge on any atom is 0.269 e. The Hall–Kier alpha value is -3.96. The van der Waals surface area contributed by atoms with Gasteiger partial charge in [-0.3, -0.25) is 15.6 Å². The standard InChI is InChI=1S/C25H32N8O3/c1-17(22-7-6-21(35-5)12-23(22)32-8-10-36-11-9-32)24(34)28-29-25-26-13-20(14-27-25)33-16-19(15-31(3)4)18(2)30-33/h6-7,12-14,16H,1,8-11,15H2,2-5H3,(H,28,34)(H,26,27,29). The van der Waals surface area contributed by atoms with E-state index in [-0.39, 0.29) is 5.95 Å². The largest absolute Gasteiger partial charge is 0.497 e. The topological polar surface area (TPSA) is 110 Å². The number of aromatic nitrogens is 4. The molecular weight excluding hydrogens is 460 g/mol. The summed E-state index contributed by atoms with van der Waals surface area (Å²) in [4.78, 5) is 25.7. The molecule has 3 aromatic rings. The molecule has 0 atom stereocenters. The third kappa shape index (κ3) is 5.81. The average molecular weight is 493 g/mol. The summed E-state index contributed by atoms with van der Waals surface area (Å²) in [5.41, 5.74) is 10.1. The molecule has 1 aromatic carbocycles. The number of nitrogens with one attached hydrogen (secondary N) is 2. The van der Waals surface area contributed by atoms with Crippen LogP contribution in [-0.2, 0) is 16.1 Å². The van der Waals surface area contributed by atoms with E-state index in [1.54, 1.807) is 24.2 Å². The lowest BCUT2D eigenvalue weighted by Crippen LogP contribution is -2.37. The molecule has 36 heavy (non-hydrogen) atoms. The maximum atomic E-state index is 12.9. The van der Waals surface area contributed by atoms with Crippen LogP contribution in [-0.4, -0.2) is 78.1 Å². The second-order valence-corrected chi connectivity index (χ2v) is 8.73. The second-order valence-electron chi connectivity index (χ2n) is 8.73. The van der Waals surface area contributed by atoms with E-state index in [1.807, 2.05) is 45.4 Å². The molecule has 4 rings (SSSR count). The molecule has 1 aliphatic rings. The first-order valence-corrected chi connectivity index (χ1v) is 11.6. The zero-order valence-corrected chi connectivity index (χ0v) is 21.1. The van der Waals surface area contributed by atoms with Gasteiger partial charge in [0.2, 0.25) is 5.95 Å². The van der Waals surface area contributed by atoms with Gasteiger partial charge >= 0.3 is 0 Å². The molecule has 0 bridgehead atoms. The average Bonchev–Trinajstić information content (AvgIpc) is 3.26. The molecule has 2 N–H and O–H groups in total. The first-order chi connectivity index (χ1) is 17.4. The Morgan fingerprint density at radius 3 is 2.61 bits per heavy atom. The third-order valence-electron chi connectivity index (χ3n) is 5.83. The highest BCUT2D eigenvalue weighted by Gasteiger charge is 2.20. The fourth-order valence-corrected chi connectivity index (χ4v) is 3.90. The Morgan fingerprint density at radius 1 is 1.22 bits per heavy atom. The van der Waals surface area contributed by atoms with Gasteiger partial charge in [0.25, 0.3) is 5.91 Å². The fraction of sp³-hybridized carbons (Fsp3) is 0.360. The molecule has 11 heteroatoms. The SMILES string of the molecule is C=C(C(=O)NNc1ncc(-n2cc(CN(C)C)c(C)n2)cn1)c1ccc(OC)cc1N1CCOCC1. The number of hydrogen-bond acceptors (Lipinski definition) is 9. The van der Waals surface area contributed by atoms with E-state index in [0.29, 0.717) is 24.5 Å². The number of amides is 1. The molecule has 0 unspecified atom stereocenters. The van der Waals surface area contributed by atoms with Gasteiger partial charge < -0.3 is 19.3 Å². The number of carbonyl (C=O) groups excluding carboxylic acids is 1. The summed E-state index contributed by atoms with van der Waals surface area (Å²) in [7, 11) is 5.65. The number of nitrogens with zero attached hydrogens (tertiary/aromatic N) is 6. The summed E-state index contributed by atoms with van der Waals surface area (Å²) in [6, 6.07) is 5.57. The molecule has 1 aliphatic heterocycles. The minimum atomic E-state index is -0.390. The highest BCUT2D eigenvalue weighted by Crippen LogP contribution is 2.31. The van der Waals surface area contributed by atoms with E-state index in [4.69, 9.17) is 9.47 Å². The molecule has 1 amide bonds. The second kappa shape index (κ2) is 11.2. The van der Waals surface area contributed by atoms with E-state index in [2.05, 4.69) is 42.3 Å². The van der Waals surface area contributed by atoms with Crippen LogP contribution >= 0.6 is 0 Å². The van der Waals surface area contributed by atoms with E-state index in [0.717, 1.165) is 47.8 Å². The number of rotatable bonds is 9. The van der Waals surface area contributed by atoms with Crippen LogP contribution in [0.4, 0.5) is 11.6 Å². The van der Waals surface area contributed by atoms with Gasteiger partial charge in [-0.05, 0) is 33.2 Å². The number of hydrazine groups is 1. The zero-order valence-electron chi connectivity index (χ0n) is 21.1. The van der Waals surface area contributed by atoms with Crippen molar-refractivity contribution in [1.29, 1.82) is 0 Å². The molecule has 1 saturated heterocycles. The highest BCUT2D eigenvalue weighted by molar-refractivity contribution is 6.20. The molecule has 0 spiro atoms. The lowest BCUT2D eigenvalue weighted by molar-refractivity contribution is -0.115. The first-order valence-electron chi connectivity index (χ1n) is 11.6. The van der Waals surface area contributed by atoms with E-state index < -0.39 is 5.91 Å². The molecule has 2 aromatic heterocycles. The quantitative estimate of drug-likeness (QED) is 0.342. The summed E-state index contributed by atoms with van der Waals surface area (Å²) >= 11 is 0. The zero-order chi connectivity index (χ0) is 25.7. The van der Waals surface area contributed by atoms with Gasteiger partial charge in [-0.15, -0.1) is 0 Å². The van der Waals surface area contributed by atoms with Crippen molar-refractivity contribution in [2.45, 2.75) is 13.5 Å². The van der Waals surface area contributed by atoms with Gasteiger partial charge in [-0.2, -0.15) is 5.10 Å². The molecule has 3 heterocycles. The van der Waals surface area contributed by atoms with E-state index in [9.17, 15) is 4.79 Å². The molecule has 0 saturated carbocycles. The Bertz CT molecular complexity index is 1220. The van der Waals surface area contributed by atoms with Crippen molar-refractivity contribution in [3.63, 3.8) is 0 Å². The summed E-state index contributed by atoms with van der Waals surface area (Å²) in [5, 5.41) is 4.54. The predicted molar refractivity (Wildman–Crippen MR) is 138 cm³/mol. The van der Waals surface area contributed by atoms with Gasteiger partial charge in [-0.1, -0.05) is 6.58 Å². The number of morpholine rings is 1. The molecule has 0 radical (unpaired) electrons. The Balaban J connectivity index is 1.42. The normalized spacial score (nSPS) is 13.5. The van der Waals surface area contributed by atoms with Crippen LogP contribution in [0.15, 0.2) is 43.4 Å². The van der Waals surface area contributed by atoms with Crippen LogP contribution < -0.4 is 20.5 Å². The minimum absolute atomic E-state index is 0.250. The number of anilines is 2. The van der Waals surface area contributed by atoms with E-state index in [1.165, 1.54) is 0 Å². The molecule has 190 valence electrons. The number of methoxy groups -OCH3 is 1. The van der Waals surface area contributed by atoms with Crippen molar-refractivity contribution >= 4 is 23.1 Å². The van der Waals surface area contributed by atoms with Crippen molar-refractivity contribution in [2.75, 3.05) is 57.8 Å². The van der Waals surface area contributed by atoms with E-state index >= 15 is 0 Å². The first kappa shape index (κ1) is 25.1. The summed E-state index contributed by atoms with van der Waals surface area (Å²) in [6.45, 7) is 9.49. The summed E-state index contributed by atoms with van der Waals surface area (Å²) < 4.78 is 12.6. The maximum absolute atomic E-state index is 12.9. The molecule has 11 nitrogen and oxygen atoms in total. The minimum Gasteiger partial charge on any atom is -0.497 e. The van der Waals surface area contributed by atoms with Crippen molar-refractivity contribution in [1.82, 2.24) is 30.1 Å². The smallest absolute Gasteiger partial charge is 0.269 e. The van der Waals surface area contributed by atoms with Crippen molar-refractivity contribution in [2.24, 2.45) is 0 Å². The van der Waals surface area contributed by atoms with Crippen LogP contribution in [0, 0.1) is 6.92 Å². The van der Waals surface area contributed by atoms with Crippen LogP contribution in [0.2, 0.25) is 0 Å². The summed E-state index contributed by atoms with van der Waals surface area (Å²) in [5.74, 6) is 0.570. The molecular formula is C25H32N8O3. The van der Waals surface area contributed by atoms with Crippen molar-refractivity contribution in [3.8, 4) is 11.4 Å². The molecule has 1 fully saturated rings. The van der Waals surface area contributed by atoms with Crippen LogP contribution in [0.5, 0.6) is 5.75 Å². The Labute approximate surface area is 210 Å². The summed E-state index contributed by atoms with van der Waals surface area (Å²) in [6.07, 6.45) is 5.25. The number of aryl methyl sites for hydroxylation is 1. The third-order valence-corrected chi connectivity index (χ3v) is 5.83. The van der Waals surface area contributed by atoms with Gasteiger partial charge in [0.1, 0.15) is 11.4 Å². The van der Waals surface area contributed by atoms with Gasteiger partial charge in [-0.25, -0.2) is 14.6 Å². The Kier molecular flexibility index (Phi) is 7.81. The lowest BCUT2D eigenvalue weighted by Gasteiger charge is -2.31. The Morgan fingerprint density at radius 2 is 1.94 bits per heavy atom. The number of carbonyl (C=O) groups is 1. The van der Waals surface area contributed by atoms with Gasteiger partial charge in [0.15, 0.2) is 0 Å². The van der Waals surface area contributed by atoms with Crippen LogP contribution in [0.25, 0.3) is 11.3 Å². The lowest BCUT2D eigenvalue weighted by atomic mass is 10.0.